The normalized spacial score (nSPS) is 10.6. The number of amides is 1. The van der Waals surface area contributed by atoms with E-state index in [0.29, 0.717) is 5.69 Å². The topological polar surface area (TPSA) is 74.8 Å². The summed E-state index contributed by atoms with van der Waals surface area (Å²) in [6, 6.07) is 6.99. The molecule has 1 amide bonds. The van der Waals surface area contributed by atoms with E-state index in [1.54, 1.807) is 36.7 Å². The molecule has 5 heteroatoms. The zero-order valence-corrected chi connectivity index (χ0v) is 12.2. The number of nitrogens with one attached hydrogen (secondary N) is 2. The summed E-state index contributed by atoms with van der Waals surface area (Å²) in [7, 11) is 0. The van der Waals surface area contributed by atoms with Crippen LogP contribution in [0.5, 0.6) is 0 Å². The van der Waals surface area contributed by atoms with Gasteiger partial charge < -0.3 is 10.3 Å². The van der Waals surface area contributed by atoms with E-state index >= 15 is 0 Å². The third-order valence-electron chi connectivity index (χ3n) is 3.47. The Morgan fingerprint density at radius 1 is 1.19 bits per heavy atom. The van der Waals surface area contributed by atoms with Crippen LogP contribution in [0.25, 0.3) is 11.3 Å². The number of carbonyl (C=O) groups excluding carboxylic acids is 1. The number of hydrogen-bond acceptors (Lipinski definition) is 3. The van der Waals surface area contributed by atoms with Crippen LogP contribution in [0.15, 0.2) is 41.5 Å². The highest BCUT2D eigenvalue weighted by Gasteiger charge is 2.14. The molecule has 0 saturated carbocycles. The lowest BCUT2D eigenvalue weighted by molar-refractivity contribution is 0.0933. The highest BCUT2D eigenvalue weighted by Crippen LogP contribution is 2.13. The van der Waals surface area contributed by atoms with Gasteiger partial charge >= 0.3 is 0 Å². The van der Waals surface area contributed by atoms with Gasteiger partial charge in [-0.2, -0.15) is 0 Å². The fraction of sp³-hybridized carbons (Fsp3) is 0.312. The monoisotopic (exact) mass is 285 g/mol. The van der Waals surface area contributed by atoms with E-state index in [2.05, 4.69) is 15.3 Å². The van der Waals surface area contributed by atoms with Crippen molar-refractivity contribution in [3.63, 3.8) is 0 Å². The molecule has 0 radical (unpaired) electrons. The minimum absolute atomic E-state index is 0.0942. The smallest absolute Gasteiger partial charge is 0.261 e. The van der Waals surface area contributed by atoms with E-state index in [9.17, 15) is 9.59 Å². The molecule has 0 aliphatic carbocycles. The molecule has 2 heterocycles. The number of aromatic amines is 1. The van der Waals surface area contributed by atoms with E-state index in [0.717, 1.165) is 18.4 Å². The molecule has 2 rings (SSSR count). The van der Waals surface area contributed by atoms with E-state index in [1.165, 1.54) is 0 Å². The molecule has 0 atom stereocenters. The highest BCUT2D eigenvalue weighted by molar-refractivity contribution is 5.94. The van der Waals surface area contributed by atoms with Crippen molar-refractivity contribution in [3.05, 3.63) is 52.6 Å². The molecule has 0 unspecified atom stereocenters. The molecule has 0 saturated heterocycles. The molecule has 0 aliphatic rings. The number of carbonyl (C=O) groups is 1. The van der Waals surface area contributed by atoms with Crippen molar-refractivity contribution in [3.8, 4) is 11.3 Å². The Labute approximate surface area is 123 Å². The van der Waals surface area contributed by atoms with Gasteiger partial charge in [0.05, 0.1) is 0 Å². The first-order chi connectivity index (χ1) is 10.2. The van der Waals surface area contributed by atoms with Crippen molar-refractivity contribution in [2.75, 3.05) is 0 Å². The molecule has 2 N–H and O–H groups in total. The van der Waals surface area contributed by atoms with Gasteiger partial charge in [0.1, 0.15) is 5.56 Å². The summed E-state index contributed by atoms with van der Waals surface area (Å²) in [5.41, 5.74) is 1.28. The van der Waals surface area contributed by atoms with Crippen molar-refractivity contribution < 1.29 is 4.79 Å². The molecule has 0 aromatic carbocycles. The first kappa shape index (κ1) is 15.0. The van der Waals surface area contributed by atoms with Crippen LogP contribution in [-0.2, 0) is 0 Å². The Bertz CT molecular complexity index is 661. The summed E-state index contributed by atoms with van der Waals surface area (Å²) >= 11 is 0. The Kier molecular flexibility index (Phi) is 4.87. The van der Waals surface area contributed by atoms with Crippen LogP contribution in [0.3, 0.4) is 0 Å². The second-order valence-corrected chi connectivity index (χ2v) is 4.84. The summed E-state index contributed by atoms with van der Waals surface area (Å²) in [5.74, 6) is -0.328. The van der Waals surface area contributed by atoms with E-state index in [1.807, 2.05) is 13.8 Å². The number of rotatable bonds is 5. The zero-order chi connectivity index (χ0) is 15.2. The van der Waals surface area contributed by atoms with Gasteiger partial charge in [0.25, 0.3) is 11.5 Å². The van der Waals surface area contributed by atoms with Crippen LogP contribution in [0.1, 0.15) is 37.0 Å². The van der Waals surface area contributed by atoms with Crippen LogP contribution in [-0.4, -0.2) is 21.9 Å². The molecule has 2 aromatic rings. The lowest BCUT2D eigenvalue weighted by Gasteiger charge is -2.14. The second kappa shape index (κ2) is 6.83. The maximum atomic E-state index is 12.1. The summed E-state index contributed by atoms with van der Waals surface area (Å²) in [6.45, 7) is 4.01. The largest absolute Gasteiger partial charge is 0.349 e. The minimum atomic E-state index is -0.382. The molecule has 110 valence electrons. The van der Waals surface area contributed by atoms with Crippen molar-refractivity contribution in [2.24, 2.45) is 0 Å². The predicted molar refractivity (Wildman–Crippen MR) is 82.1 cm³/mol. The number of hydrogen-bond donors (Lipinski definition) is 2. The SMILES string of the molecule is CCC(CC)NC(=O)c1ccc(-c2ccncc2)[nH]c1=O. The zero-order valence-electron chi connectivity index (χ0n) is 12.2. The average molecular weight is 285 g/mol. The number of H-pyrrole nitrogens is 1. The third kappa shape index (κ3) is 3.56. The van der Waals surface area contributed by atoms with E-state index < -0.39 is 0 Å². The second-order valence-electron chi connectivity index (χ2n) is 4.84. The van der Waals surface area contributed by atoms with Crippen LogP contribution < -0.4 is 10.9 Å². The maximum absolute atomic E-state index is 12.1. The lowest BCUT2D eigenvalue weighted by atomic mass is 10.1. The number of nitrogens with zero attached hydrogens (tertiary/aromatic N) is 1. The van der Waals surface area contributed by atoms with Crippen molar-refractivity contribution in [2.45, 2.75) is 32.7 Å². The van der Waals surface area contributed by atoms with Crippen LogP contribution in [0.4, 0.5) is 0 Å². The van der Waals surface area contributed by atoms with Gasteiger partial charge in [-0.15, -0.1) is 0 Å². The van der Waals surface area contributed by atoms with Crippen molar-refractivity contribution in [1.29, 1.82) is 0 Å². The summed E-state index contributed by atoms with van der Waals surface area (Å²) < 4.78 is 0. The van der Waals surface area contributed by atoms with Gasteiger partial charge in [-0.25, -0.2) is 0 Å². The molecule has 0 spiro atoms. The molecule has 0 aliphatic heterocycles. The molecular weight excluding hydrogens is 266 g/mol. The predicted octanol–water partition coefficient (Wildman–Crippen LogP) is 2.36. The Balaban J connectivity index is 2.24. The fourth-order valence-electron chi connectivity index (χ4n) is 2.11. The summed E-state index contributed by atoms with van der Waals surface area (Å²) in [4.78, 5) is 30.9. The number of aromatic nitrogens is 2. The highest BCUT2D eigenvalue weighted by atomic mass is 16.2. The molecule has 21 heavy (non-hydrogen) atoms. The first-order valence-electron chi connectivity index (χ1n) is 7.10. The summed E-state index contributed by atoms with van der Waals surface area (Å²) in [6.07, 6.45) is 4.99. The van der Waals surface area contributed by atoms with Crippen molar-refractivity contribution >= 4 is 5.91 Å². The fourth-order valence-corrected chi connectivity index (χ4v) is 2.11. The molecule has 5 nitrogen and oxygen atoms in total. The van der Waals surface area contributed by atoms with Gasteiger partial charge in [-0.05, 0) is 37.1 Å². The van der Waals surface area contributed by atoms with Gasteiger partial charge in [0, 0.05) is 29.7 Å². The van der Waals surface area contributed by atoms with Gasteiger partial charge in [0.2, 0.25) is 0 Å². The van der Waals surface area contributed by atoms with E-state index in [4.69, 9.17) is 0 Å². The van der Waals surface area contributed by atoms with Crippen LogP contribution in [0, 0.1) is 0 Å². The minimum Gasteiger partial charge on any atom is -0.349 e. The Morgan fingerprint density at radius 3 is 2.43 bits per heavy atom. The molecular formula is C16H19N3O2. The van der Waals surface area contributed by atoms with Crippen molar-refractivity contribution in [1.82, 2.24) is 15.3 Å². The van der Waals surface area contributed by atoms with E-state index in [-0.39, 0.29) is 23.1 Å². The lowest BCUT2D eigenvalue weighted by Crippen LogP contribution is -2.36. The van der Waals surface area contributed by atoms with Crippen LogP contribution >= 0.6 is 0 Å². The Hall–Kier alpha value is -2.43. The molecule has 2 aromatic heterocycles. The van der Waals surface area contributed by atoms with Crippen LogP contribution in [0.2, 0.25) is 0 Å². The van der Waals surface area contributed by atoms with Gasteiger partial charge in [0.15, 0.2) is 0 Å². The standard InChI is InChI=1S/C16H19N3O2/c1-3-12(4-2)18-15(20)13-5-6-14(19-16(13)21)11-7-9-17-10-8-11/h5-10,12H,3-4H2,1-2H3,(H,18,20)(H,19,21). The van der Waals surface area contributed by atoms with Gasteiger partial charge in [-0.1, -0.05) is 13.8 Å². The average Bonchev–Trinajstić information content (AvgIpc) is 2.53. The quantitative estimate of drug-likeness (QED) is 0.885. The first-order valence-corrected chi connectivity index (χ1v) is 7.10. The number of pyridine rings is 2. The maximum Gasteiger partial charge on any atom is 0.261 e. The third-order valence-corrected chi connectivity index (χ3v) is 3.47. The molecule has 0 fully saturated rings. The van der Waals surface area contributed by atoms with Gasteiger partial charge in [-0.3, -0.25) is 14.6 Å². The molecule has 0 bridgehead atoms. The Morgan fingerprint density at radius 2 is 1.86 bits per heavy atom. The summed E-state index contributed by atoms with van der Waals surface area (Å²) in [5, 5.41) is 2.86.